The van der Waals surface area contributed by atoms with E-state index in [4.69, 9.17) is 9.05 Å². The number of allylic oxidation sites excluding steroid dienone is 5. The number of phosphoric acid groups is 1. The molecule has 0 saturated heterocycles. The predicted octanol–water partition coefficient (Wildman–Crippen LogP) is 14.8. The summed E-state index contributed by atoms with van der Waals surface area (Å²) in [5, 5.41) is 13.8. The molecule has 0 aromatic heterocycles. The lowest BCUT2D eigenvalue weighted by atomic mass is 10.0. The van der Waals surface area contributed by atoms with E-state index < -0.39 is 26.6 Å². The maximum atomic E-state index is 12.8. The minimum absolute atomic E-state index is 0.00796. The third-order valence-electron chi connectivity index (χ3n) is 11.8. The number of hydrogen-bond donors (Lipinski definition) is 2. The molecular weight excluding hydrogens is 792 g/mol. The van der Waals surface area contributed by atoms with E-state index in [0.717, 1.165) is 64.2 Å². The maximum Gasteiger partial charge on any atom is 0.268 e. The first-order valence-electron chi connectivity index (χ1n) is 26.4. The fourth-order valence-corrected chi connectivity index (χ4v) is 8.37. The first-order valence-corrected chi connectivity index (χ1v) is 27.8. The molecule has 0 saturated carbocycles. The molecule has 9 heteroatoms. The Hall–Kier alpha value is -1.28. The fraction of sp³-hybridized carbons (Fsp3) is 0.868. The Balaban J connectivity index is 4.11. The second kappa shape index (κ2) is 44.9. The number of aliphatic hydroxyl groups excluding tert-OH is 1. The van der Waals surface area contributed by atoms with Crippen molar-refractivity contribution in [1.82, 2.24) is 5.32 Å². The quantitative estimate of drug-likeness (QED) is 0.0273. The summed E-state index contributed by atoms with van der Waals surface area (Å²) in [7, 11) is 1.24. The van der Waals surface area contributed by atoms with Gasteiger partial charge in [-0.05, 0) is 51.4 Å². The Morgan fingerprint density at radius 3 is 1.37 bits per heavy atom. The molecule has 0 rings (SSSR count). The lowest BCUT2D eigenvalue weighted by Crippen LogP contribution is -2.45. The van der Waals surface area contributed by atoms with E-state index in [1.165, 1.54) is 161 Å². The summed E-state index contributed by atoms with van der Waals surface area (Å²) in [5.41, 5.74) is 0. The van der Waals surface area contributed by atoms with Gasteiger partial charge >= 0.3 is 0 Å². The predicted molar refractivity (Wildman–Crippen MR) is 265 cm³/mol. The van der Waals surface area contributed by atoms with Crippen LogP contribution in [-0.4, -0.2) is 68.5 Å². The fourth-order valence-electron chi connectivity index (χ4n) is 7.64. The first kappa shape index (κ1) is 60.7. The van der Waals surface area contributed by atoms with Crippen molar-refractivity contribution >= 4 is 13.7 Å². The van der Waals surface area contributed by atoms with Crippen LogP contribution < -0.4 is 10.2 Å². The van der Waals surface area contributed by atoms with Crippen molar-refractivity contribution in [1.29, 1.82) is 0 Å². The lowest BCUT2D eigenvalue weighted by molar-refractivity contribution is -0.870. The molecule has 0 spiro atoms. The highest BCUT2D eigenvalue weighted by Crippen LogP contribution is 2.38. The van der Waals surface area contributed by atoms with Gasteiger partial charge in [-0.25, -0.2) is 0 Å². The number of carbonyl (C=O) groups excluding carboxylic acids is 1. The summed E-state index contributed by atoms with van der Waals surface area (Å²) in [5.74, 6) is -0.219. The van der Waals surface area contributed by atoms with Crippen LogP contribution >= 0.6 is 7.82 Å². The molecule has 0 aliphatic heterocycles. The average Bonchev–Trinajstić information content (AvgIpc) is 3.23. The van der Waals surface area contributed by atoms with E-state index in [1.54, 1.807) is 6.08 Å². The number of nitrogens with zero attached hydrogens (tertiary/aromatic N) is 1. The van der Waals surface area contributed by atoms with E-state index in [-0.39, 0.29) is 12.5 Å². The molecule has 0 heterocycles. The van der Waals surface area contributed by atoms with E-state index in [9.17, 15) is 19.4 Å². The molecule has 0 aliphatic rings. The third-order valence-corrected chi connectivity index (χ3v) is 12.8. The van der Waals surface area contributed by atoms with Gasteiger partial charge in [0.25, 0.3) is 7.82 Å². The van der Waals surface area contributed by atoms with Gasteiger partial charge in [-0.15, -0.1) is 0 Å². The molecule has 0 bridgehead atoms. The molecule has 62 heavy (non-hydrogen) atoms. The largest absolute Gasteiger partial charge is 0.756 e. The van der Waals surface area contributed by atoms with Gasteiger partial charge in [0, 0.05) is 6.42 Å². The summed E-state index contributed by atoms with van der Waals surface area (Å²) in [4.78, 5) is 25.3. The number of aliphatic hydroxyl groups is 1. The number of rotatable bonds is 48. The average molecular weight is 895 g/mol. The Morgan fingerprint density at radius 2 is 0.935 bits per heavy atom. The van der Waals surface area contributed by atoms with Gasteiger partial charge in [0.05, 0.1) is 39.9 Å². The van der Waals surface area contributed by atoms with E-state index in [2.05, 4.69) is 43.5 Å². The third kappa shape index (κ3) is 46.7. The van der Waals surface area contributed by atoms with Crippen LogP contribution in [0.4, 0.5) is 0 Å². The highest BCUT2D eigenvalue weighted by molar-refractivity contribution is 7.45. The second-order valence-corrected chi connectivity index (χ2v) is 20.6. The zero-order chi connectivity index (χ0) is 45.7. The summed E-state index contributed by atoms with van der Waals surface area (Å²) in [6.45, 7) is 4.57. The van der Waals surface area contributed by atoms with E-state index in [1.807, 2.05) is 27.2 Å². The number of carbonyl (C=O) groups is 1. The first-order chi connectivity index (χ1) is 30.0. The van der Waals surface area contributed by atoms with Crippen LogP contribution in [0.2, 0.25) is 0 Å². The Bertz CT molecular complexity index is 1110. The number of unbranched alkanes of at least 4 members (excludes halogenated alkanes) is 31. The van der Waals surface area contributed by atoms with Crippen LogP contribution in [0.1, 0.15) is 245 Å². The van der Waals surface area contributed by atoms with Crippen molar-refractivity contribution < 1.29 is 32.9 Å². The maximum absolute atomic E-state index is 12.8. The normalized spacial score (nSPS) is 14.4. The minimum Gasteiger partial charge on any atom is -0.756 e. The van der Waals surface area contributed by atoms with Gasteiger partial charge in [-0.3, -0.25) is 9.36 Å². The van der Waals surface area contributed by atoms with Crippen LogP contribution in [0.25, 0.3) is 0 Å². The summed E-state index contributed by atoms with van der Waals surface area (Å²) in [6.07, 6.45) is 56.7. The molecule has 3 atom stereocenters. The van der Waals surface area contributed by atoms with Crippen molar-refractivity contribution in [2.45, 2.75) is 257 Å². The van der Waals surface area contributed by atoms with Gasteiger partial charge < -0.3 is 28.8 Å². The summed E-state index contributed by atoms with van der Waals surface area (Å²) in [6, 6.07) is -0.905. The van der Waals surface area contributed by atoms with Crippen molar-refractivity contribution in [2.24, 2.45) is 0 Å². The molecule has 3 unspecified atom stereocenters. The van der Waals surface area contributed by atoms with E-state index in [0.29, 0.717) is 17.4 Å². The Morgan fingerprint density at radius 1 is 0.548 bits per heavy atom. The van der Waals surface area contributed by atoms with Crippen molar-refractivity contribution in [2.75, 3.05) is 40.9 Å². The molecule has 8 nitrogen and oxygen atoms in total. The van der Waals surface area contributed by atoms with Crippen LogP contribution in [-0.2, 0) is 18.4 Å². The van der Waals surface area contributed by atoms with Gasteiger partial charge in [0.15, 0.2) is 0 Å². The number of amides is 1. The molecule has 1 amide bonds. The number of phosphoric ester groups is 1. The molecular formula is C53H103N2O6P. The van der Waals surface area contributed by atoms with Crippen LogP contribution in [0.3, 0.4) is 0 Å². The van der Waals surface area contributed by atoms with Gasteiger partial charge in [-0.2, -0.15) is 0 Å². The van der Waals surface area contributed by atoms with E-state index >= 15 is 0 Å². The number of nitrogens with one attached hydrogen (secondary N) is 1. The Labute approximate surface area is 385 Å². The minimum atomic E-state index is -4.60. The van der Waals surface area contributed by atoms with Crippen LogP contribution in [0.5, 0.6) is 0 Å². The smallest absolute Gasteiger partial charge is 0.268 e. The molecule has 0 aromatic carbocycles. The monoisotopic (exact) mass is 895 g/mol. The molecule has 0 aliphatic carbocycles. The lowest BCUT2D eigenvalue weighted by Gasteiger charge is -2.29. The standard InChI is InChI=1S/C53H103N2O6P/c1-6-8-10-12-14-16-18-19-20-21-22-23-24-25-26-27-28-29-30-31-32-33-34-35-36-37-38-40-42-44-46-52(56)51(50-61-62(58,59)60-49-48-55(3,4)5)54-53(57)47-45-43-41-39-17-15-13-11-9-7-2/h11,13,37-38,44,46,51-52,56H,6-10,12,14-36,39-43,45,47-50H2,1-5H3,(H-,54,57,58,59)/b13-11-,38-37+,46-44+. The van der Waals surface area contributed by atoms with Crippen LogP contribution in [0, 0.1) is 0 Å². The molecule has 0 aromatic rings. The zero-order valence-electron chi connectivity index (χ0n) is 41.6. The number of hydrogen-bond acceptors (Lipinski definition) is 6. The molecule has 0 radical (unpaired) electrons. The highest BCUT2D eigenvalue weighted by Gasteiger charge is 2.23. The van der Waals surface area contributed by atoms with Gasteiger partial charge in [0.2, 0.25) is 5.91 Å². The molecule has 2 N–H and O–H groups in total. The van der Waals surface area contributed by atoms with Gasteiger partial charge in [0.1, 0.15) is 13.2 Å². The number of quaternary nitrogens is 1. The Kier molecular flexibility index (Phi) is 44.0. The SMILES string of the molecule is CCC/C=C\CCCCCCCC(=O)NC(COP(=O)([O-])OCC[N+](C)(C)C)C(O)/C=C/CC/C=C/CCCCCCCCCCCCCCCCCCCCCCCCCC. The molecule has 0 fully saturated rings. The van der Waals surface area contributed by atoms with Crippen LogP contribution in [0.15, 0.2) is 36.5 Å². The number of likely N-dealkylation sites (N-methyl/N-ethyl adjacent to an activating group) is 1. The van der Waals surface area contributed by atoms with Crippen molar-refractivity contribution in [3.8, 4) is 0 Å². The zero-order valence-corrected chi connectivity index (χ0v) is 42.5. The van der Waals surface area contributed by atoms with Crippen molar-refractivity contribution in [3.05, 3.63) is 36.5 Å². The highest BCUT2D eigenvalue weighted by atomic mass is 31.2. The summed E-state index contributed by atoms with van der Waals surface area (Å²) >= 11 is 0. The second-order valence-electron chi connectivity index (χ2n) is 19.2. The molecule has 366 valence electrons. The van der Waals surface area contributed by atoms with Crippen molar-refractivity contribution in [3.63, 3.8) is 0 Å². The topological polar surface area (TPSA) is 108 Å². The van der Waals surface area contributed by atoms with Gasteiger partial charge in [-0.1, -0.05) is 224 Å². The summed E-state index contributed by atoms with van der Waals surface area (Å²) < 4.78 is 23.2.